The lowest BCUT2D eigenvalue weighted by atomic mass is 9.97. The van der Waals surface area contributed by atoms with Crippen molar-refractivity contribution in [2.75, 3.05) is 32.7 Å². The van der Waals surface area contributed by atoms with Gasteiger partial charge in [0, 0.05) is 39.0 Å². The van der Waals surface area contributed by atoms with Crippen molar-refractivity contribution in [3.63, 3.8) is 0 Å². The number of rotatable bonds is 10. The van der Waals surface area contributed by atoms with Crippen LogP contribution in [0, 0.1) is 5.92 Å². The molecule has 32 heavy (non-hydrogen) atoms. The van der Waals surface area contributed by atoms with Crippen molar-refractivity contribution < 1.29 is 9.32 Å². The number of amides is 1. The van der Waals surface area contributed by atoms with Crippen molar-refractivity contribution in [1.29, 1.82) is 0 Å². The predicted molar refractivity (Wildman–Crippen MR) is 127 cm³/mol. The lowest BCUT2D eigenvalue weighted by Crippen LogP contribution is -2.49. The van der Waals surface area contributed by atoms with Crippen LogP contribution in [-0.4, -0.2) is 58.6 Å². The van der Waals surface area contributed by atoms with Crippen molar-refractivity contribution in [2.45, 2.75) is 39.0 Å². The Labute approximate surface area is 194 Å². The first-order valence-corrected chi connectivity index (χ1v) is 12.5. The largest absolute Gasteiger partial charge is 0.340 e. The number of carbonyl (C=O) groups is 1. The summed E-state index contributed by atoms with van der Waals surface area (Å²) in [6.07, 6.45) is 4.51. The lowest BCUT2D eigenvalue weighted by molar-refractivity contribution is -0.133. The van der Waals surface area contributed by atoms with E-state index in [1.165, 1.54) is 5.56 Å². The summed E-state index contributed by atoms with van der Waals surface area (Å²) in [6.45, 7) is 6.72. The van der Waals surface area contributed by atoms with E-state index in [1.807, 2.05) is 28.5 Å². The molecular formula is C25H32N4O2S. The lowest BCUT2D eigenvalue weighted by Gasteiger charge is -2.35. The van der Waals surface area contributed by atoms with E-state index >= 15 is 0 Å². The number of carbonyl (C=O) groups excluding carboxylic acids is 1. The van der Waals surface area contributed by atoms with Crippen molar-refractivity contribution in [3.8, 4) is 10.7 Å². The molecule has 0 N–H and O–H groups in total. The quantitative estimate of drug-likeness (QED) is 0.452. The van der Waals surface area contributed by atoms with Crippen LogP contribution >= 0.6 is 11.3 Å². The van der Waals surface area contributed by atoms with Gasteiger partial charge in [0.15, 0.2) is 0 Å². The van der Waals surface area contributed by atoms with Crippen LogP contribution in [0.15, 0.2) is 52.4 Å². The molecule has 3 aromatic rings. The Bertz CT molecular complexity index is 950. The summed E-state index contributed by atoms with van der Waals surface area (Å²) in [5.41, 5.74) is 1.35. The summed E-state index contributed by atoms with van der Waals surface area (Å²) < 4.78 is 5.39. The van der Waals surface area contributed by atoms with E-state index in [9.17, 15) is 4.79 Å². The maximum absolute atomic E-state index is 12.7. The van der Waals surface area contributed by atoms with Crippen molar-refractivity contribution in [1.82, 2.24) is 19.9 Å². The minimum absolute atomic E-state index is 0.303. The Morgan fingerprint density at radius 3 is 2.66 bits per heavy atom. The van der Waals surface area contributed by atoms with Gasteiger partial charge in [0.1, 0.15) is 0 Å². The summed E-state index contributed by atoms with van der Waals surface area (Å²) in [4.78, 5) is 22.7. The number of aromatic nitrogens is 2. The maximum atomic E-state index is 12.7. The van der Waals surface area contributed by atoms with Gasteiger partial charge in [-0.1, -0.05) is 48.5 Å². The van der Waals surface area contributed by atoms with Gasteiger partial charge in [0.05, 0.1) is 4.88 Å². The van der Waals surface area contributed by atoms with E-state index in [4.69, 9.17) is 4.52 Å². The van der Waals surface area contributed by atoms with Crippen molar-refractivity contribution in [2.24, 2.45) is 5.92 Å². The smallest absolute Gasteiger partial charge is 0.227 e. The molecule has 1 fully saturated rings. The fourth-order valence-corrected chi connectivity index (χ4v) is 4.77. The SMILES string of the molecule is CC(CCc1ccccc1)CC(=O)N1CCN(CCCc2nc(-c3cccs3)no2)CC1. The molecule has 170 valence electrons. The van der Waals surface area contributed by atoms with E-state index in [2.05, 4.69) is 46.2 Å². The Hall–Kier alpha value is -2.51. The standard InChI is InChI=1S/C25H32N4O2S/c1-20(11-12-21-7-3-2-4-8-21)19-24(30)29-16-14-28(15-17-29)13-5-10-23-26-25(27-31-23)22-9-6-18-32-22/h2-4,6-9,18,20H,5,10-17,19H2,1H3. The molecule has 0 spiro atoms. The number of thiophene rings is 1. The number of hydrogen-bond acceptors (Lipinski definition) is 6. The molecule has 1 aliphatic rings. The molecular weight excluding hydrogens is 420 g/mol. The molecule has 4 rings (SSSR count). The predicted octanol–water partition coefficient (Wildman–Crippen LogP) is 4.53. The molecule has 1 aliphatic heterocycles. The summed E-state index contributed by atoms with van der Waals surface area (Å²) >= 11 is 1.62. The van der Waals surface area contributed by atoms with Gasteiger partial charge in [-0.15, -0.1) is 11.3 Å². The molecule has 1 amide bonds. The van der Waals surface area contributed by atoms with Gasteiger partial charge < -0.3 is 9.42 Å². The minimum Gasteiger partial charge on any atom is -0.340 e. The second-order valence-electron chi connectivity index (χ2n) is 8.65. The Morgan fingerprint density at radius 2 is 1.91 bits per heavy atom. The summed E-state index contributed by atoms with van der Waals surface area (Å²) in [6, 6.07) is 14.5. The van der Waals surface area contributed by atoms with E-state index in [-0.39, 0.29) is 0 Å². The summed E-state index contributed by atoms with van der Waals surface area (Å²) in [5.74, 6) is 2.10. The highest BCUT2D eigenvalue weighted by molar-refractivity contribution is 7.13. The molecule has 1 atom stereocenters. The Kier molecular flexibility index (Phi) is 8.07. The van der Waals surface area contributed by atoms with Crippen LogP contribution < -0.4 is 0 Å². The first-order chi connectivity index (χ1) is 15.7. The van der Waals surface area contributed by atoms with Crippen molar-refractivity contribution >= 4 is 17.2 Å². The number of piperazine rings is 1. The average molecular weight is 453 g/mol. The van der Waals surface area contributed by atoms with Gasteiger partial charge in [-0.2, -0.15) is 4.98 Å². The minimum atomic E-state index is 0.303. The van der Waals surface area contributed by atoms with Crippen LogP contribution in [0.4, 0.5) is 0 Å². The molecule has 0 radical (unpaired) electrons. The molecule has 1 aromatic carbocycles. The second kappa shape index (κ2) is 11.4. The number of hydrogen-bond donors (Lipinski definition) is 0. The van der Waals surface area contributed by atoms with Gasteiger partial charge in [-0.3, -0.25) is 9.69 Å². The zero-order valence-corrected chi connectivity index (χ0v) is 19.6. The van der Waals surface area contributed by atoms with E-state index in [1.54, 1.807) is 11.3 Å². The monoisotopic (exact) mass is 452 g/mol. The normalized spacial score (nSPS) is 15.7. The van der Waals surface area contributed by atoms with Gasteiger partial charge >= 0.3 is 0 Å². The maximum Gasteiger partial charge on any atom is 0.227 e. The number of aryl methyl sites for hydroxylation is 2. The zero-order chi connectivity index (χ0) is 22.2. The molecule has 6 nitrogen and oxygen atoms in total. The summed E-state index contributed by atoms with van der Waals surface area (Å²) in [5, 5.41) is 6.09. The summed E-state index contributed by atoms with van der Waals surface area (Å²) in [7, 11) is 0. The molecule has 7 heteroatoms. The third-order valence-electron chi connectivity index (χ3n) is 6.09. The Balaban J connectivity index is 1.11. The number of nitrogens with zero attached hydrogens (tertiary/aromatic N) is 4. The van der Waals surface area contributed by atoms with E-state index in [0.717, 1.165) is 63.3 Å². The third-order valence-corrected chi connectivity index (χ3v) is 6.96. The number of benzene rings is 1. The molecule has 1 saturated heterocycles. The first kappa shape index (κ1) is 22.7. The molecule has 0 saturated carbocycles. The van der Waals surface area contributed by atoms with E-state index in [0.29, 0.717) is 30.0 Å². The molecule has 0 aliphatic carbocycles. The van der Waals surface area contributed by atoms with Crippen LogP contribution in [0.25, 0.3) is 10.7 Å². The van der Waals surface area contributed by atoms with Gasteiger partial charge in [0.2, 0.25) is 17.6 Å². The Morgan fingerprint density at radius 1 is 1.09 bits per heavy atom. The van der Waals surface area contributed by atoms with Crippen LogP contribution in [0.2, 0.25) is 0 Å². The van der Waals surface area contributed by atoms with Crippen LogP contribution in [0.1, 0.15) is 37.6 Å². The highest BCUT2D eigenvalue weighted by Gasteiger charge is 2.22. The molecule has 1 unspecified atom stereocenters. The van der Waals surface area contributed by atoms with Gasteiger partial charge in [0.25, 0.3) is 0 Å². The van der Waals surface area contributed by atoms with Gasteiger partial charge in [-0.05, 0) is 48.7 Å². The zero-order valence-electron chi connectivity index (χ0n) is 18.8. The molecule has 0 bridgehead atoms. The van der Waals surface area contributed by atoms with Crippen molar-refractivity contribution in [3.05, 3.63) is 59.3 Å². The highest BCUT2D eigenvalue weighted by Crippen LogP contribution is 2.21. The van der Waals surface area contributed by atoms with E-state index < -0.39 is 0 Å². The topological polar surface area (TPSA) is 62.5 Å². The molecule has 2 aromatic heterocycles. The van der Waals surface area contributed by atoms with Crippen LogP contribution in [-0.2, 0) is 17.6 Å². The average Bonchev–Trinajstić information content (AvgIpc) is 3.51. The van der Waals surface area contributed by atoms with Crippen LogP contribution in [0.5, 0.6) is 0 Å². The highest BCUT2D eigenvalue weighted by atomic mass is 32.1. The third kappa shape index (κ3) is 6.50. The fourth-order valence-electron chi connectivity index (χ4n) is 4.12. The van der Waals surface area contributed by atoms with Gasteiger partial charge in [-0.25, -0.2) is 0 Å². The fraction of sp³-hybridized carbons (Fsp3) is 0.480. The molecule has 3 heterocycles. The first-order valence-electron chi connectivity index (χ1n) is 11.6. The second-order valence-corrected chi connectivity index (χ2v) is 9.60. The van der Waals surface area contributed by atoms with Crippen LogP contribution in [0.3, 0.4) is 0 Å².